The number of aromatic nitrogens is 3. The molecule has 2 aromatic rings. The van der Waals surface area contributed by atoms with E-state index in [-0.39, 0.29) is 0 Å². The molecule has 0 saturated heterocycles. The first-order valence-electron chi connectivity index (χ1n) is 6.28. The minimum absolute atomic E-state index is 0.620. The third-order valence-corrected chi connectivity index (χ3v) is 2.73. The molecule has 0 amide bonds. The Balaban J connectivity index is 2.03. The second kappa shape index (κ2) is 6.13. The highest BCUT2D eigenvalue weighted by atomic mass is 16.5. The highest BCUT2D eigenvalue weighted by molar-refractivity contribution is 5.37. The molecule has 19 heavy (non-hydrogen) atoms. The summed E-state index contributed by atoms with van der Waals surface area (Å²) in [5, 5.41) is 3.28. The van der Waals surface area contributed by atoms with Crippen LogP contribution in [0.1, 0.15) is 24.0 Å². The molecule has 5 heteroatoms. The second-order valence-corrected chi connectivity index (χ2v) is 4.21. The molecule has 0 spiro atoms. The number of hydrogen-bond donors (Lipinski definition) is 1. The molecule has 1 N–H and O–H groups in total. The van der Waals surface area contributed by atoms with Gasteiger partial charge in [-0.25, -0.2) is 15.0 Å². The van der Waals surface area contributed by atoms with E-state index in [4.69, 9.17) is 4.74 Å². The Hall–Kier alpha value is -2.17. The first-order chi connectivity index (χ1) is 9.21. The maximum Gasteiger partial charge on any atom is 0.212 e. The molecule has 2 heterocycles. The predicted octanol–water partition coefficient (Wildman–Crippen LogP) is 2.36. The van der Waals surface area contributed by atoms with E-state index in [1.807, 2.05) is 25.1 Å². The normalized spacial score (nSPS) is 10.3. The van der Waals surface area contributed by atoms with E-state index >= 15 is 0 Å². The molecule has 0 atom stereocenters. The summed E-state index contributed by atoms with van der Waals surface area (Å²) in [6, 6.07) is 5.80. The standard InChI is InChI=1S/C14H18N4O/c1-4-12-7-13(18-10(2)17-12)15-8-11-5-6-14(19-3)16-9-11/h5-7,9H,4,8H2,1-3H3,(H,15,17,18). The van der Waals surface area contributed by atoms with Crippen LogP contribution in [0.5, 0.6) is 5.88 Å². The van der Waals surface area contributed by atoms with Gasteiger partial charge in [-0.2, -0.15) is 0 Å². The summed E-state index contributed by atoms with van der Waals surface area (Å²) in [6.45, 7) is 4.66. The molecule has 100 valence electrons. The van der Waals surface area contributed by atoms with Crippen molar-refractivity contribution in [3.8, 4) is 5.88 Å². The molecular formula is C14H18N4O. The Morgan fingerprint density at radius 3 is 2.74 bits per heavy atom. The van der Waals surface area contributed by atoms with Crippen LogP contribution >= 0.6 is 0 Å². The van der Waals surface area contributed by atoms with E-state index < -0.39 is 0 Å². The number of nitrogens with one attached hydrogen (secondary N) is 1. The zero-order chi connectivity index (χ0) is 13.7. The predicted molar refractivity (Wildman–Crippen MR) is 74.3 cm³/mol. The van der Waals surface area contributed by atoms with Gasteiger partial charge in [0.25, 0.3) is 0 Å². The molecule has 0 fully saturated rings. The first kappa shape index (κ1) is 13.3. The minimum atomic E-state index is 0.620. The van der Waals surface area contributed by atoms with Crippen LogP contribution in [-0.2, 0) is 13.0 Å². The topological polar surface area (TPSA) is 59.9 Å². The summed E-state index contributed by atoms with van der Waals surface area (Å²) >= 11 is 0. The number of aryl methyl sites for hydroxylation is 2. The zero-order valence-electron chi connectivity index (χ0n) is 11.5. The summed E-state index contributed by atoms with van der Waals surface area (Å²) in [7, 11) is 1.61. The highest BCUT2D eigenvalue weighted by Gasteiger charge is 2.01. The van der Waals surface area contributed by atoms with Crippen molar-refractivity contribution in [1.29, 1.82) is 0 Å². The van der Waals surface area contributed by atoms with Gasteiger partial charge in [-0.05, 0) is 18.9 Å². The molecular weight excluding hydrogens is 240 g/mol. The van der Waals surface area contributed by atoms with Gasteiger partial charge in [-0.15, -0.1) is 0 Å². The molecule has 0 aliphatic carbocycles. The van der Waals surface area contributed by atoms with Crippen molar-refractivity contribution in [3.05, 3.63) is 41.5 Å². The lowest BCUT2D eigenvalue weighted by Gasteiger charge is -2.08. The van der Waals surface area contributed by atoms with Crippen LogP contribution in [0.4, 0.5) is 5.82 Å². The summed E-state index contributed by atoms with van der Waals surface area (Å²) < 4.78 is 5.03. The molecule has 2 aromatic heterocycles. The largest absolute Gasteiger partial charge is 0.481 e. The summed E-state index contributed by atoms with van der Waals surface area (Å²) in [5.41, 5.74) is 2.12. The van der Waals surface area contributed by atoms with Gasteiger partial charge >= 0.3 is 0 Å². The number of nitrogens with zero attached hydrogens (tertiary/aromatic N) is 3. The monoisotopic (exact) mass is 258 g/mol. The number of ether oxygens (including phenoxy) is 1. The summed E-state index contributed by atoms with van der Waals surface area (Å²) in [6.07, 6.45) is 2.70. The van der Waals surface area contributed by atoms with Gasteiger partial charge in [0.05, 0.1) is 7.11 Å². The molecule has 0 bridgehead atoms. The van der Waals surface area contributed by atoms with Crippen LogP contribution < -0.4 is 10.1 Å². The molecule has 0 aromatic carbocycles. The van der Waals surface area contributed by atoms with Crippen molar-refractivity contribution >= 4 is 5.82 Å². The van der Waals surface area contributed by atoms with Crippen molar-refractivity contribution < 1.29 is 4.74 Å². The average molecular weight is 258 g/mol. The molecule has 0 aliphatic rings. The smallest absolute Gasteiger partial charge is 0.212 e. The highest BCUT2D eigenvalue weighted by Crippen LogP contribution is 2.11. The third kappa shape index (κ3) is 3.64. The van der Waals surface area contributed by atoms with Gasteiger partial charge in [0, 0.05) is 30.6 Å². The maximum absolute atomic E-state index is 5.03. The molecule has 0 unspecified atom stereocenters. The van der Waals surface area contributed by atoms with E-state index in [1.165, 1.54) is 0 Å². The van der Waals surface area contributed by atoms with E-state index in [2.05, 4.69) is 27.2 Å². The van der Waals surface area contributed by atoms with Gasteiger partial charge in [0.15, 0.2) is 0 Å². The van der Waals surface area contributed by atoms with Gasteiger partial charge in [0.1, 0.15) is 11.6 Å². The zero-order valence-corrected chi connectivity index (χ0v) is 11.5. The van der Waals surface area contributed by atoms with Crippen molar-refractivity contribution in [1.82, 2.24) is 15.0 Å². The lowest BCUT2D eigenvalue weighted by atomic mass is 10.2. The van der Waals surface area contributed by atoms with Crippen molar-refractivity contribution in [2.75, 3.05) is 12.4 Å². The quantitative estimate of drug-likeness (QED) is 0.892. The number of anilines is 1. The van der Waals surface area contributed by atoms with Gasteiger partial charge in [0.2, 0.25) is 5.88 Å². The lowest BCUT2D eigenvalue weighted by molar-refractivity contribution is 0.397. The Morgan fingerprint density at radius 2 is 2.11 bits per heavy atom. The van der Waals surface area contributed by atoms with Gasteiger partial charge in [-0.1, -0.05) is 13.0 Å². The Bertz CT molecular complexity index is 540. The van der Waals surface area contributed by atoms with Crippen LogP contribution in [-0.4, -0.2) is 22.1 Å². The molecule has 0 aliphatic heterocycles. The van der Waals surface area contributed by atoms with Crippen molar-refractivity contribution in [3.63, 3.8) is 0 Å². The first-order valence-corrected chi connectivity index (χ1v) is 6.28. The fraction of sp³-hybridized carbons (Fsp3) is 0.357. The number of rotatable bonds is 5. The van der Waals surface area contributed by atoms with E-state index in [1.54, 1.807) is 13.3 Å². The number of pyridine rings is 1. The molecule has 2 rings (SSSR count). The second-order valence-electron chi connectivity index (χ2n) is 4.21. The summed E-state index contributed by atoms with van der Waals surface area (Å²) in [4.78, 5) is 12.9. The Labute approximate surface area is 113 Å². The van der Waals surface area contributed by atoms with Crippen LogP contribution in [0, 0.1) is 6.92 Å². The van der Waals surface area contributed by atoms with E-state index in [0.29, 0.717) is 12.4 Å². The fourth-order valence-corrected chi connectivity index (χ4v) is 1.73. The Morgan fingerprint density at radius 1 is 1.26 bits per heavy atom. The van der Waals surface area contributed by atoms with Crippen molar-refractivity contribution in [2.45, 2.75) is 26.8 Å². The van der Waals surface area contributed by atoms with Crippen LogP contribution in [0.2, 0.25) is 0 Å². The Kier molecular flexibility index (Phi) is 4.28. The number of hydrogen-bond acceptors (Lipinski definition) is 5. The maximum atomic E-state index is 5.03. The third-order valence-electron chi connectivity index (χ3n) is 2.73. The lowest BCUT2D eigenvalue weighted by Crippen LogP contribution is -2.05. The van der Waals surface area contributed by atoms with E-state index in [9.17, 15) is 0 Å². The SMILES string of the molecule is CCc1cc(NCc2ccc(OC)nc2)nc(C)n1. The number of methoxy groups -OCH3 is 1. The van der Waals surface area contributed by atoms with Crippen LogP contribution in [0.15, 0.2) is 24.4 Å². The minimum Gasteiger partial charge on any atom is -0.481 e. The molecule has 0 saturated carbocycles. The average Bonchev–Trinajstić information content (AvgIpc) is 2.45. The summed E-state index contributed by atoms with van der Waals surface area (Å²) in [5.74, 6) is 2.25. The van der Waals surface area contributed by atoms with Crippen LogP contribution in [0.25, 0.3) is 0 Å². The van der Waals surface area contributed by atoms with Gasteiger partial charge in [-0.3, -0.25) is 0 Å². The fourth-order valence-electron chi connectivity index (χ4n) is 1.73. The van der Waals surface area contributed by atoms with Gasteiger partial charge < -0.3 is 10.1 Å². The molecule has 0 radical (unpaired) electrons. The van der Waals surface area contributed by atoms with Crippen LogP contribution in [0.3, 0.4) is 0 Å². The van der Waals surface area contributed by atoms with Crippen molar-refractivity contribution in [2.24, 2.45) is 0 Å². The van der Waals surface area contributed by atoms with E-state index in [0.717, 1.165) is 29.3 Å². The molecule has 5 nitrogen and oxygen atoms in total.